The van der Waals surface area contributed by atoms with Crippen molar-refractivity contribution in [3.8, 4) is 0 Å². The van der Waals surface area contributed by atoms with Gasteiger partial charge >= 0.3 is 0 Å². The van der Waals surface area contributed by atoms with Crippen LogP contribution >= 0.6 is 0 Å². The first-order chi connectivity index (χ1) is 5.79. The summed E-state index contributed by atoms with van der Waals surface area (Å²) in [6.07, 6.45) is 2.42. The second-order valence-corrected chi connectivity index (χ2v) is 3.63. The first-order valence-electron chi connectivity index (χ1n) is 4.56. The van der Waals surface area contributed by atoms with Gasteiger partial charge in [0.15, 0.2) is 0 Å². The van der Waals surface area contributed by atoms with E-state index in [-0.39, 0.29) is 0 Å². The van der Waals surface area contributed by atoms with Crippen LogP contribution in [-0.4, -0.2) is 0 Å². The Kier molecular flexibility index (Phi) is 1.76. The van der Waals surface area contributed by atoms with Gasteiger partial charge in [0.05, 0.1) is 0 Å². The van der Waals surface area contributed by atoms with Gasteiger partial charge < -0.3 is 0 Å². The van der Waals surface area contributed by atoms with Crippen LogP contribution in [0.4, 0.5) is 0 Å². The number of rotatable bonds is 0. The van der Waals surface area contributed by atoms with Crippen molar-refractivity contribution in [1.29, 1.82) is 0 Å². The second-order valence-electron chi connectivity index (χ2n) is 3.63. The summed E-state index contributed by atoms with van der Waals surface area (Å²) in [6.45, 7) is 6.39. The SMILES string of the molecule is C=C1CCC(C)c2ccccc21. The maximum Gasteiger partial charge on any atom is -0.0181 e. The maximum atomic E-state index is 4.09. The van der Waals surface area contributed by atoms with Crippen molar-refractivity contribution in [3.63, 3.8) is 0 Å². The molecule has 0 heterocycles. The highest BCUT2D eigenvalue weighted by molar-refractivity contribution is 5.68. The fraction of sp³-hybridized carbons (Fsp3) is 0.333. The van der Waals surface area contributed by atoms with Gasteiger partial charge in [-0.3, -0.25) is 0 Å². The lowest BCUT2D eigenvalue weighted by Crippen LogP contribution is -2.04. The lowest BCUT2D eigenvalue weighted by molar-refractivity contribution is 0.675. The average molecular weight is 158 g/mol. The van der Waals surface area contributed by atoms with Crippen molar-refractivity contribution < 1.29 is 0 Å². The third-order valence-corrected chi connectivity index (χ3v) is 2.75. The van der Waals surface area contributed by atoms with Crippen molar-refractivity contribution in [3.05, 3.63) is 42.0 Å². The lowest BCUT2D eigenvalue weighted by atomic mass is 9.82. The molecule has 1 aromatic rings. The van der Waals surface area contributed by atoms with E-state index in [4.69, 9.17) is 0 Å². The predicted octanol–water partition coefficient (Wildman–Crippen LogP) is 3.60. The van der Waals surface area contributed by atoms with Crippen molar-refractivity contribution in [2.75, 3.05) is 0 Å². The van der Waals surface area contributed by atoms with Crippen LogP contribution in [0.25, 0.3) is 5.57 Å². The van der Waals surface area contributed by atoms with Crippen LogP contribution in [0.5, 0.6) is 0 Å². The monoisotopic (exact) mass is 158 g/mol. The zero-order valence-corrected chi connectivity index (χ0v) is 7.51. The molecule has 1 unspecified atom stereocenters. The van der Waals surface area contributed by atoms with E-state index >= 15 is 0 Å². The topological polar surface area (TPSA) is 0 Å². The Morgan fingerprint density at radius 2 is 2.08 bits per heavy atom. The number of allylic oxidation sites excluding steroid dienone is 1. The standard InChI is InChI=1S/C12H14/c1-9-7-8-10(2)12-6-4-3-5-11(9)12/h3-6,10H,1,7-8H2,2H3. The highest BCUT2D eigenvalue weighted by atomic mass is 14.2. The van der Waals surface area contributed by atoms with E-state index in [0.717, 1.165) is 6.42 Å². The third kappa shape index (κ3) is 1.08. The lowest BCUT2D eigenvalue weighted by Gasteiger charge is -2.23. The van der Waals surface area contributed by atoms with Crippen molar-refractivity contribution in [2.24, 2.45) is 0 Å². The molecule has 0 radical (unpaired) electrons. The van der Waals surface area contributed by atoms with E-state index in [2.05, 4.69) is 37.8 Å². The second kappa shape index (κ2) is 2.78. The summed E-state index contributed by atoms with van der Waals surface area (Å²) >= 11 is 0. The minimum absolute atomic E-state index is 0.715. The van der Waals surface area contributed by atoms with E-state index in [1.165, 1.54) is 23.1 Å². The smallest absolute Gasteiger partial charge is 0.0181 e. The normalized spacial score (nSPS) is 22.1. The highest BCUT2D eigenvalue weighted by Gasteiger charge is 2.17. The van der Waals surface area contributed by atoms with Crippen LogP contribution in [0.15, 0.2) is 30.8 Å². The molecule has 0 saturated carbocycles. The molecule has 0 bridgehead atoms. The molecule has 0 amide bonds. The Morgan fingerprint density at radius 3 is 2.83 bits per heavy atom. The molecule has 1 aliphatic carbocycles. The summed E-state index contributed by atoms with van der Waals surface area (Å²) in [5, 5.41) is 0. The Balaban J connectivity index is 2.55. The number of benzene rings is 1. The number of hydrogen-bond acceptors (Lipinski definition) is 0. The largest absolute Gasteiger partial charge is 0.0952 e. The zero-order chi connectivity index (χ0) is 8.55. The third-order valence-electron chi connectivity index (χ3n) is 2.75. The van der Waals surface area contributed by atoms with Gasteiger partial charge in [-0.05, 0) is 35.5 Å². The molecule has 1 atom stereocenters. The Morgan fingerprint density at radius 1 is 1.33 bits per heavy atom. The predicted molar refractivity (Wildman–Crippen MR) is 53.1 cm³/mol. The molecule has 0 heteroatoms. The average Bonchev–Trinajstić information content (AvgIpc) is 2.12. The number of fused-ring (bicyclic) bond motifs is 1. The Bertz CT molecular complexity index is 310. The number of hydrogen-bond donors (Lipinski definition) is 0. The first kappa shape index (κ1) is 7.60. The molecule has 1 aromatic carbocycles. The van der Waals surface area contributed by atoms with Crippen LogP contribution < -0.4 is 0 Å². The van der Waals surface area contributed by atoms with Gasteiger partial charge in [0, 0.05) is 0 Å². The van der Waals surface area contributed by atoms with Crippen molar-refractivity contribution in [1.82, 2.24) is 0 Å². The summed E-state index contributed by atoms with van der Waals surface area (Å²) in [5.74, 6) is 0.715. The molecule has 0 aromatic heterocycles. The van der Waals surface area contributed by atoms with E-state index in [9.17, 15) is 0 Å². The van der Waals surface area contributed by atoms with Crippen LogP contribution in [0.2, 0.25) is 0 Å². The van der Waals surface area contributed by atoms with Crippen LogP contribution in [0.3, 0.4) is 0 Å². The molecular formula is C12H14. The Hall–Kier alpha value is -1.04. The maximum absolute atomic E-state index is 4.09. The molecule has 0 fully saturated rings. The highest BCUT2D eigenvalue weighted by Crippen LogP contribution is 2.36. The molecule has 0 N–H and O–H groups in total. The van der Waals surface area contributed by atoms with Crippen LogP contribution in [-0.2, 0) is 0 Å². The molecule has 62 valence electrons. The van der Waals surface area contributed by atoms with Gasteiger partial charge in [-0.2, -0.15) is 0 Å². The van der Waals surface area contributed by atoms with Crippen molar-refractivity contribution >= 4 is 5.57 Å². The van der Waals surface area contributed by atoms with Gasteiger partial charge in [0.25, 0.3) is 0 Å². The molecular weight excluding hydrogens is 144 g/mol. The Labute approximate surface area is 73.9 Å². The summed E-state index contributed by atoms with van der Waals surface area (Å²) < 4.78 is 0. The molecule has 0 spiro atoms. The van der Waals surface area contributed by atoms with Crippen LogP contribution in [0, 0.1) is 0 Å². The molecule has 0 saturated heterocycles. The first-order valence-corrected chi connectivity index (χ1v) is 4.56. The quantitative estimate of drug-likeness (QED) is 0.541. The van der Waals surface area contributed by atoms with E-state index < -0.39 is 0 Å². The van der Waals surface area contributed by atoms with E-state index in [1.54, 1.807) is 0 Å². The van der Waals surface area contributed by atoms with Crippen molar-refractivity contribution in [2.45, 2.75) is 25.7 Å². The summed E-state index contributed by atoms with van der Waals surface area (Å²) in [6, 6.07) is 8.63. The minimum atomic E-state index is 0.715. The van der Waals surface area contributed by atoms with Gasteiger partial charge in [-0.1, -0.05) is 37.8 Å². The van der Waals surface area contributed by atoms with Gasteiger partial charge in [-0.15, -0.1) is 0 Å². The zero-order valence-electron chi connectivity index (χ0n) is 7.51. The van der Waals surface area contributed by atoms with Gasteiger partial charge in [0.1, 0.15) is 0 Å². The molecule has 0 nitrogen and oxygen atoms in total. The summed E-state index contributed by atoms with van der Waals surface area (Å²) in [4.78, 5) is 0. The molecule has 0 aliphatic heterocycles. The fourth-order valence-corrected chi connectivity index (χ4v) is 1.93. The minimum Gasteiger partial charge on any atom is -0.0952 e. The van der Waals surface area contributed by atoms with Gasteiger partial charge in [-0.25, -0.2) is 0 Å². The van der Waals surface area contributed by atoms with E-state index in [0.29, 0.717) is 5.92 Å². The summed E-state index contributed by atoms with van der Waals surface area (Å²) in [7, 11) is 0. The molecule has 1 aliphatic rings. The fourth-order valence-electron chi connectivity index (χ4n) is 1.93. The summed E-state index contributed by atoms with van der Waals surface area (Å²) in [5.41, 5.74) is 4.17. The molecule has 2 rings (SSSR count). The molecule has 12 heavy (non-hydrogen) atoms. The van der Waals surface area contributed by atoms with Crippen LogP contribution in [0.1, 0.15) is 36.8 Å². The van der Waals surface area contributed by atoms with Gasteiger partial charge in [0.2, 0.25) is 0 Å². The van der Waals surface area contributed by atoms with E-state index in [1.807, 2.05) is 0 Å².